The molecule has 0 aliphatic carbocycles. The molecule has 0 spiro atoms. The van der Waals surface area contributed by atoms with Gasteiger partial charge in [-0.25, -0.2) is 9.97 Å². The predicted molar refractivity (Wildman–Crippen MR) is 70.1 cm³/mol. The maximum Gasteiger partial charge on any atom is 0.162 e. The number of halogens is 2. The molecule has 1 aromatic heterocycles. The molecule has 2 rings (SSSR count). The molecule has 0 amide bonds. The van der Waals surface area contributed by atoms with Crippen LogP contribution < -0.4 is 5.73 Å². The van der Waals surface area contributed by atoms with Crippen molar-refractivity contribution in [2.45, 2.75) is 13.5 Å². The maximum absolute atomic E-state index is 6.12. The lowest BCUT2D eigenvalue weighted by molar-refractivity contribution is 0.953. The standard InChI is InChI=1S/C12H11Cl2N3/c1-7-5-8(6-15)17-12(16-7)11-9(13)3-2-4-10(11)14/h2-5H,6,15H2,1H3. The third kappa shape index (κ3) is 2.57. The van der Waals surface area contributed by atoms with Crippen LogP contribution in [0.5, 0.6) is 0 Å². The molecular formula is C12H11Cl2N3. The van der Waals surface area contributed by atoms with Crippen molar-refractivity contribution in [1.82, 2.24) is 9.97 Å². The minimum Gasteiger partial charge on any atom is -0.325 e. The summed E-state index contributed by atoms with van der Waals surface area (Å²) in [6.45, 7) is 2.24. The van der Waals surface area contributed by atoms with Gasteiger partial charge in [-0.2, -0.15) is 0 Å². The summed E-state index contributed by atoms with van der Waals surface area (Å²) in [5.74, 6) is 0.515. The Bertz CT molecular complexity index is 535. The molecule has 3 nitrogen and oxygen atoms in total. The number of rotatable bonds is 2. The van der Waals surface area contributed by atoms with Gasteiger partial charge in [-0.05, 0) is 25.1 Å². The molecule has 0 bridgehead atoms. The van der Waals surface area contributed by atoms with Crippen LogP contribution in [0.3, 0.4) is 0 Å². The quantitative estimate of drug-likeness (QED) is 0.909. The second-order valence-corrected chi connectivity index (χ2v) is 4.44. The summed E-state index contributed by atoms with van der Waals surface area (Å²) in [6.07, 6.45) is 0. The van der Waals surface area contributed by atoms with Crippen LogP contribution in [-0.4, -0.2) is 9.97 Å². The van der Waals surface area contributed by atoms with Crippen LogP contribution in [0.1, 0.15) is 11.4 Å². The van der Waals surface area contributed by atoms with Gasteiger partial charge in [0.2, 0.25) is 0 Å². The van der Waals surface area contributed by atoms with Crippen molar-refractivity contribution in [1.29, 1.82) is 0 Å². The molecule has 0 aliphatic heterocycles. The van der Waals surface area contributed by atoms with Crippen molar-refractivity contribution in [3.8, 4) is 11.4 Å². The average molecular weight is 268 g/mol. The third-order valence-electron chi connectivity index (χ3n) is 2.30. The summed E-state index contributed by atoms with van der Waals surface area (Å²) < 4.78 is 0. The summed E-state index contributed by atoms with van der Waals surface area (Å²) in [7, 11) is 0. The van der Waals surface area contributed by atoms with E-state index in [0.717, 1.165) is 11.4 Å². The first kappa shape index (κ1) is 12.3. The van der Waals surface area contributed by atoms with E-state index in [9.17, 15) is 0 Å². The second-order valence-electron chi connectivity index (χ2n) is 3.63. The second kappa shape index (κ2) is 5.00. The van der Waals surface area contributed by atoms with E-state index in [1.165, 1.54) is 0 Å². The van der Waals surface area contributed by atoms with E-state index < -0.39 is 0 Å². The number of hydrogen-bond acceptors (Lipinski definition) is 3. The highest BCUT2D eigenvalue weighted by Gasteiger charge is 2.12. The summed E-state index contributed by atoms with van der Waals surface area (Å²) in [4.78, 5) is 8.68. The molecule has 17 heavy (non-hydrogen) atoms. The lowest BCUT2D eigenvalue weighted by Gasteiger charge is -2.07. The average Bonchev–Trinajstić information content (AvgIpc) is 2.28. The Morgan fingerprint density at radius 1 is 1.18 bits per heavy atom. The number of aryl methyl sites for hydroxylation is 1. The van der Waals surface area contributed by atoms with E-state index in [0.29, 0.717) is 28.0 Å². The van der Waals surface area contributed by atoms with Gasteiger partial charge in [0.25, 0.3) is 0 Å². The van der Waals surface area contributed by atoms with Gasteiger partial charge in [-0.3, -0.25) is 0 Å². The van der Waals surface area contributed by atoms with E-state index in [2.05, 4.69) is 9.97 Å². The fraction of sp³-hybridized carbons (Fsp3) is 0.167. The minimum atomic E-state index is 0.360. The molecule has 1 heterocycles. The third-order valence-corrected chi connectivity index (χ3v) is 2.93. The Balaban J connectivity index is 2.64. The number of benzene rings is 1. The van der Waals surface area contributed by atoms with Gasteiger partial charge in [0, 0.05) is 12.2 Å². The zero-order valence-electron chi connectivity index (χ0n) is 9.24. The fourth-order valence-corrected chi connectivity index (χ4v) is 2.13. The minimum absolute atomic E-state index is 0.360. The zero-order chi connectivity index (χ0) is 12.4. The first-order valence-corrected chi connectivity index (χ1v) is 5.86. The zero-order valence-corrected chi connectivity index (χ0v) is 10.8. The lowest BCUT2D eigenvalue weighted by Crippen LogP contribution is -2.03. The van der Waals surface area contributed by atoms with Crippen LogP contribution in [0.4, 0.5) is 0 Å². The molecule has 0 unspecified atom stereocenters. The van der Waals surface area contributed by atoms with Crippen LogP contribution in [-0.2, 0) is 6.54 Å². The molecule has 1 aromatic carbocycles. The number of nitrogens with two attached hydrogens (primary N) is 1. The summed E-state index contributed by atoms with van der Waals surface area (Å²) in [6, 6.07) is 7.15. The van der Waals surface area contributed by atoms with Gasteiger partial charge >= 0.3 is 0 Å². The largest absolute Gasteiger partial charge is 0.325 e. The Hall–Kier alpha value is -1.16. The predicted octanol–water partition coefficient (Wildman–Crippen LogP) is 3.22. The van der Waals surface area contributed by atoms with Crippen LogP contribution >= 0.6 is 23.2 Å². The number of nitrogens with zero attached hydrogens (tertiary/aromatic N) is 2. The Morgan fingerprint density at radius 2 is 1.82 bits per heavy atom. The molecule has 0 fully saturated rings. The summed E-state index contributed by atoms with van der Waals surface area (Å²) in [5, 5.41) is 1.07. The lowest BCUT2D eigenvalue weighted by atomic mass is 10.2. The maximum atomic E-state index is 6.12. The van der Waals surface area contributed by atoms with Crippen LogP contribution in [0.15, 0.2) is 24.3 Å². The van der Waals surface area contributed by atoms with E-state index in [1.54, 1.807) is 18.2 Å². The van der Waals surface area contributed by atoms with Gasteiger partial charge < -0.3 is 5.73 Å². The highest BCUT2D eigenvalue weighted by molar-refractivity contribution is 6.38. The van der Waals surface area contributed by atoms with E-state index in [-0.39, 0.29) is 0 Å². The Labute approximate surface area is 110 Å². The van der Waals surface area contributed by atoms with Gasteiger partial charge in [0.1, 0.15) is 0 Å². The highest BCUT2D eigenvalue weighted by atomic mass is 35.5. The van der Waals surface area contributed by atoms with Gasteiger partial charge in [0.15, 0.2) is 5.82 Å². The molecule has 0 aliphatic rings. The molecule has 0 radical (unpaired) electrons. The van der Waals surface area contributed by atoms with Crippen LogP contribution in [0, 0.1) is 6.92 Å². The van der Waals surface area contributed by atoms with Crippen LogP contribution in [0.25, 0.3) is 11.4 Å². The van der Waals surface area contributed by atoms with Gasteiger partial charge in [-0.15, -0.1) is 0 Å². The Kier molecular flexibility index (Phi) is 3.62. The van der Waals surface area contributed by atoms with E-state index >= 15 is 0 Å². The molecule has 88 valence electrons. The number of hydrogen-bond donors (Lipinski definition) is 1. The van der Waals surface area contributed by atoms with Gasteiger partial charge in [0.05, 0.1) is 21.3 Å². The van der Waals surface area contributed by atoms with Crippen molar-refractivity contribution < 1.29 is 0 Å². The smallest absolute Gasteiger partial charge is 0.162 e. The monoisotopic (exact) mass is 267 g/mol. The SMILES string of the molecule is Cc1cc(CN)nc(-c2c(Cl)cccc2Cl)n1. The molecule has 0 atom stereocenters. The molecule has 2 N–H and O–H groups in total. The van der Waals surface area contributed by atoms with Crippen LogP contribution in [0.2, 0.25) is 10.0 Å². The summed E-state index contributed by atoms with van der Waals surface area (Å²) >= 11 is 12.2. The molecule has 2 aromatic rings. The molecule has 0 saturated carbocycles. The van der Waals surface area contributed by atoms with Crippen molar-refractivity contribution in [2.24, 2.45) is 5.73 Å². The molecule has 0 saturated heterocycles. The Morgan fingerprint density at radius 3 is 2.41 bits per heavy atom. The topological polar surface area (TPSA) is 51.8 Å². The normalized spacial score (nSPS) is 10.6. The highest BCUT2D eigenvalue weighted by Crippen LogP contribution is 2.32. The van der Waals surface area contributed by atoms with Crippen molar-refractivity contribution in [2.75, 3.05) is 0 Å². The van der Waals surface area contributed by atoms with E-state index in [1.807, 2.05) is 13.0 Å². The first-order valence-electron chi connectivity index (χ1n) is 5.11. The van der Waals surface area contributed by atoms with Crippen molar-refractivity contribution in [3.05, 3.63) is 45.7 Å². The van der Waals surface area contributed by atoms with Crippen molar-refractivity contribution >= 4 is 23.2 Å². The molecular weight excluding hydrogens is 257 g/mol. The first-order chi connectivity index (χ1) is 8.11. The number of aromatic nitrogens is 2. The van der Waals surface area contributed by atoms with Gasteiger partial charge in [-0.1, -0.05) is 29.3 Å². The fourth-order valence-electron chi connectivity index (χ4n) is 1.56. The molecule has 5 heteroatoms. The van der Waals surface area contributed by atoms with Crippen molar-refractivity contribution in [3.63, 3.8) is 0 Å². The van der Waals surface area contributed by atoms with E-state index in [4.69, 9.17) is 28.9 Å². The summed E-state index contributed by atoms with van der Waals surface area (Å²) in [5.41, 5.74) is 7.84.